The lowest BCUT2D eigenvalue weighted by atomic mass is 10.0. The van der Waals surface area contributed by atoms with E-state index < -0.39 is 14.3 Å². The van der Waals surface area contributed by atoms with Gasteiger partial charge in [0, 0.05) is 6.61 Å². The van der Waals surface area contributed by atoms with Crippen molar-refractivity contribution in [3.05, 3.63) is 35.4 Å². The Morgan fingerprint density at radius 2 is 1.96 bits per heavy atom. The number of carbonyl (C=O) groups is 1. The van der Waals surface area contributed by atoms with Crippen LogP contribution in [0.1, 0.15) is 61.9 Å². The molecule has 128 valence electrons. The smallest absolute Gasteiger partial charge is 0.335 e. The number of carboxylic acids is 1. The zero-order valence-electron chi connectivity index (χ0n) is 15.1. The molecule has 1 aliphatic carbocycles. The van der Waals surface area contributed by atoms with Gasteiger partial charge >= 0.3 is 5.97 Å². The number of benzene rings is 1. The van der Waals surface area contributed by atoms with E-state index in [1.54, 1.807) is 12.1 Å². The van der Waals surface area contributed by atoms with Gasteiger partial charge < -0.3 is 9.53 Å². The summed E-state index contributed by atoms with van der Waals surface area (Å²) in [6.07, 6.45) is 3.32. The Morgan fingerprint density at radius 1 is 1.30 bits per heavy atom. The predicted molar refractivity (Wildman–Crippen MR) is 96.6 cm³/mol. The monoisotopic (exact) mass is 334 g/mol. The van der Waals surface area contributed by atoms with Crippen LogP contribution in [-0.2, 0) is 4.43 Å². The fourth-order valence-electron chi connectivity index (χ4n) is 2.85. The van der Waals surface area contributed by atoms with Crippen LogP contribution in [0.4, 0.5) is 0 Å². The first-order valence-electron chi connectivity index (χ1n) is 8.59. The first-order chi connectivity index (χ1) is 10.6. The minimum atomic E-state index is -1.64. The van der Waals surface area contributed by atoms with Crippen LogP contribution in [0.25, 0.3) is 0 Å². The van der Waals surface area contributed by atoms with Gasteiger partial charge in [0.15, 0.2) is 8.32 Å². The van der Waals surface area contributed by atoms with Crippen LogP contribution >= 0.6 is 0 Å². The lowest BCUT2D eigenvalue weighted by Gasteiger charge is -2.36. The summed E-state index contributed by atoms with van der Waals surface area (Å²) >= 11 is 0. The number of hydrogen-bond acceptors (Lipinski definition) is 2. The highest BCUT2D eigenvalue weighted by atomic mass is 28.4. The average Bonchev–Trinajstić information content (AvgIpc) is 3.22. The van der Waals surface area contributed by atoms with E-state index in [4.69, 9.17) is 4.43 Å². The Labute approximate surface area is 141 Å². The zero-order valence-corrected chi connectivity index (χ0v) is 16.1. The van der Waals surface area contributed by atoms with E-state index in [2.05, 4.69) is 33.9 Å². The van der Waals surface area contributed by atoms with E-state index in [-0.39, 0.29) is 5.04 Å². The quantitative estimate of drug-likeness (QED) is 0.544. The summed E-state index contributed by atoms with van der Waals surface area (Å²) in [5.74, 6) is 0.237. The van der Waals surface area contributed by atoms with Crippen molar-refractivity contribution < 1.29 is 14.3 Å². The van der Waals surface area contributed by atoms with Crippen molar-refractivity contribution in [2.75, 3.05) is 6.61 Å². The molecule has 2 atom stereocenters. The third kappa shape index (κ3) is 4.45. The van der Waals surface area contributed by atoms with Gasteiger partial charge in [0.2, 0.25) is 0 Å². The Kier molecular flexibility index (Phi) is 5.36. The van der Waals surface area contributed by atoms with Crippen molar-refractivity contribution in [3.8, 4) is 0 Å². The predicted octanol–water partition coefficient (Wildman–Crippen LogP) is 5.29. The van der Waals surface area contributed by atoms with Crippen LogP contribution < -0.4 is 0 Å². The van der Waals surface area contributed by atoms with Crippen LogP contribution in [0.5, 0.6) is 0 Å². The van der Waals surface area contributed by atoms with Crippen molar-refractivity contribution in [1.82, 2.24) is 0 Å². The normalized spacial score (nSPS) is 21.3. The molecule has 1 N–H and O–H groups in total. The molecule has 1 saturated carbocycles. The van der Waals surface area contributed by atoms with Gasteiger partial charge in [-0.1, -0.05) is 39.0 Å². The highest BCUT2D eigenvalue weighted by Gasteiger charge is 2.40. The Balaban J connectivity index is 1.80. The Morgan fingerprint density at radius 3 is 2.57 bits per heavy atom. The van der Waals surface area contributed by atoms with Crippen LogP contribution in [0, 0.1) is 5.92 Å². The molecule has 0 unspecified atom stereocenters. The standard InChI is InChI=1S/C19H30O3Si/c1-19(2,3)23(4,5)22-12-8-9-14-13-17(14)15-10-6-7-11-16(15)18(20)21/h6-7,10-11,14,17H,8-9,12-13H2,1-5H3,(H,20,21)/t14-,17-/m1/s1. The van der Waals surface area contributed by atoms with Gasteiger partial charge in [-0.15, -0.1) is 0 Å². The maximum absolute atomic E-state index is 11.3. The minimum absolute atomic E-state index is 0.259. The van der Waals surface area contributed by atoms with Crippen molar-refractivity contribution in [1.29, 1.82) is 0 Å². The summed E-state index contributed by atoms with van der Waals surface area (Å²) in [7, 11) is -1.64. The summed E-state index contributed by atoms with van der Waals surface area (Å²) < 4.78 is 6.22. The molecular formula is C19H30O3Si. The molecule has 0 radical (unpaired) electrons. The van der Waals surface area contributed by atoms with Crippen LogP contribution in [0.3, 0.4) is 0 Å². The molecule has 1 aromatic rings. The van der Waals surface area contributed by atoms with E-state index in [1.165, 1.54) is 0 Å². The second kappa shape index (κ2) is 6.77. The second-order valence-corrected chi connectivity index (χ2v) is 13.1. The topological polar surface area (TPSA) is 46.5 Å². The van der Waals surface area contributed by atoms with E-state index in [0.29, 0.717) is 17.4 Å². The molecule has 0 aliphatic heterocycles. The number of hydrogen-bond donors (Lipinski definition) is 1. The maximum atomic E-state index is 11.3. The van der Waals surface area contributed by atoms with Crippen LogP contribution in [0.2, 0.25) is 18.1 Å². The molecule has 0 saturated heterocycles. The summed E-state index contributed by atoms with van der Waals surface area (Å²) in [5.41, 5.74) is 1.48. The summed E-state index contributed by atoms with van der Waals surface area (Å²) in [6, 6.07) is 7.43. The lowest BCUT2D eigenvalue weighted by Crippen LogP contribution is -2.40. The van der Waals surface area contributed by atoms with Crippen molar-refractivity contribution in [2.45, 2.75) is 64.1 Å². The summed E-state index contributed by atoms with van der Waals surface area (Å²) in [5, 5.41) is 9.55. The molecule has 1 fully saturated rings. The Bertz CT molecular complexity index is 560. The largest absolute Gasteiger partial charge is 0.478 e. The molecule has 0 amide bonds. The molecule has 4 heteroatoms. The summed E-state index contributed by atoms with van der Waals surface area (Å²) in [6.45, 7) is 12.2. The van der Waals surface area contributed by atoms with E-state index in [0.717, 1.165) is 31.4 Å². The molecule has 0 bridgehead atoms. The molecule has 1 aromatic carbocycles. The molecule has 0 heterocycles. The lowest BCUT2D eigenvalue weighted by molar-refractivity contribution is 0.0695. The van der Waals surface area contributed by atoms with Gasteiger partial charge in [-0.2, -0.15) is 0 Å². The van der Waals surface area contributed by atoms with Gasteiger partial charge in [-0.25, -0.2) is 4.79 Å². The molecular weight excluding hydrogens is 304 g/mol. The molecule has 23 heavy (non-hydrogen) atoms. The SMILES string of the molecule is CC(C)(C)[Si](C)(C)OCCC[C@@H]1C[C@H]1c1ccccc1C(=O)O. The third-order valence-electron chi connectivity index (χ3n) is 5.50. The molecule has 3 nitrogen and oxygen atoms in total. The van der Waals surface area contributed by atoms with Crippen molar-refractivity contribution >= 4 is 14.3 Å². The molecule has 0 aromatic heterocycles. The van der Waals surface area contributed by atoms with E-state index in [9.17, 15) is 9.90 Å². The fraction of sp³-hybridized carbons (Fsp3) is 0.632. The van der Waals surface area contributed by atoms with Crippen LogP contribution in [0.15, 0.2) is 24.3 Å². The average molecular weight is 335 g/mol. The van der Waals surface area contributed by atoms with Crippen molar-refractivity contribution in [3.63, 3.8) is 0 Å². The first kappa shape index (κ1) is 18.2. The van der Waals surface area contributed by atoms with E-state index >= 15 is 0 Å². The second-order valence-electron chi connectivity index (χ2n) is 8.25. The van der Waals surface area contributed by atoms with Gasteiger partial charge in [0.1, 0.15) is 0 Å². The highest BCUT2D eigenvalue weighted by molar-refractivity contribution is 6.74. The van der Waals surface area contributed by atoms with Crippen LogP contribution in [-0.4, -0.2) is 26.0 Å². The summed E-state index contributed by atoms with van der Waals surface area (Å²) in [4.78, 5) is 11.3. The number of rotatable bonds is 7. The van der Waals surface area contributed by atoms with E-state index in [1.807, 2.05) is 12.1 Å². The first-order valence-corrected chi connectivity index (χ1v) is 11.5. The molecule has 2 rings (SSSR count). The molecule has 1 aliphatic rings. The van der Waals surface area contributed by atoms with Gasteiger partial charge in [-0.3, -0.25) is 0 Å². The Hall–Kier alpha value is -1.13. The van der Waals surface area contributed by atoms with Gasteiger partial charge in [0.05, 0.1) is 5.56 Å². The maximum Gasteiger partial charge on any atom is 0.335 e. The number of aromatic carboxylic acids is 1. The van der Waals surface area contributed by atoms with Gasteiger partial charge in [0.25, 0.3) is 0 Å². The third-order valence-corrected chi connectivity index (χ3v) is 10.0. The number of carboxylic acid groups (broad SMARTS) is 1. The van der Waals surface area contributed by atoms with Crippen molar-refractivity contribution in [2.24, 2.45) is 5.92 Å². The zero-order chi connectivity index (χ0) is 17.3. The molecule has 0 spiro atoms. The minimum Gasteiger partial charge on any atom is -0.478 e. The highest BCUT2D eigenvalue weighted by Crippen LogP contribution is 2.51. The van der Waals surface area contributed by atoms with Gasteiger partial charge in [-0.05, 0) is 60.9 Å². The fourth-order valence-corrected chi connectivity index (χ4v) is 3.94.